The lowest BCUT2D eigenvalue weighted by Gasteiger charge is -2.07. The molecule has 3 N–H and O–H groups in total. The predicted molar refractivity (Wildman–Crippen MR) is 130 cm³/mol. The molecule has 162 valence electrons. The van der Waals surface area contributed by atoms with Crippen LogP contribution in [0.3, 0.4) is 0 Å². The minimum Gasteiger partial charge on any atom is -0.400 e. The van der Waals surface area contributed by atoms with Crippen LogP contribution in [0.5, 0.6) is 0 Å². The molecule has 28 heavy (non-hydrogen) atoms. The third-order valence-corrected chi connectivity index (χ3v) is 4.74. The molecule has 0 bridgehead atoms. The number of nitrogen functional groups attached to an aromatic ring is 1. The van der Waals surface area contributed by atoms with Crippen LogP contribution in [0, 0.1) is 0 Å². The first-order chi connectivity index (χ1) is 13.5. The Kier molecular flexibility index (Phi) is 20.7. The molecule has 0 heterocycles. The normalized spacial score (nSPS) is 9.64. The van der Waals surface area contributed by atoms with E-state index in [0.717, 1.165) is 24.8 Å². The summed E-state index contributed by atoms with van der Waals surface area (Å²) in [5, 5.41) is 7.00. The van der Waals surface area contributed by atoms with E-state index in [1.54, 1.807) is 0 Å². The van der Waals surface area contributed by atoms with E-state index in [-0.39, 0.29) is 0 Å². The van der Waals surface area contributed by atoms with E-state index in [0.29, 0.717) is 0 Å². The van der Waals surface area contributed by atoms with Gasteiger partial charge in [-0.25, -0.2) is 0 Å². The van der Waals surface area contributed by atoms with Crippen molar-refractivity contribution >= 4 is 11.3 Å². The van der Waals surface area contributed by atoms with Crippen LogP contribution >= 0.6 is 0 Å². The zero-order valence-electron chi connectivity index (χ0n) is 19.4. The maximum absolute atomic E-state index is 7.00. The Bertz CT molecular complexity index is 519. The number of nitrogens with two attached hydrogens (primary N) is 1. The third kappa shape index (κ3) is 15.5. The Morgan fingerprint density at radius 3 is 1.86 bits per heavy atom. The molecular weight excluding hydrogens is 342 g/mol. The molecule has 0 fully saturated rings. The molecule has 1 aromatic rings. The summed E-state index contributed by atoms with van der Waals surface area (Å²) in [5.41, 5.74) is 11.6. The highest BCUT2D eigenvalue weighted by atomic mass is 16.2. The molecule has 0 unspecified atom stereocenters. The Morgan fingerprint density at radius 1 is 0.857 bits per heavy atom. The van der Waals surface area contributed by atoms with Crippen molar-refractivity contribution < 1.29 is 5.11 Å². The maximum Gasteiger partial charge on any atom is 0.0319 e. The molecule has 0 spiro atoms. The number of allylic oxidation sites excluding steroid dienone is 2. The van der Waals surface area contributed by atoms with Gasteiger partial charge in [0.05, 0.1) is 0 Å². The zero-order chi connectivity index (χ0) is 21.8. The first-order valence-corrected chi connectivity index (χ1v) is 11.1. The number of aliphatic hydroxyl groups excluding tert-OH is 1. The van der Waals surface area contributed by atoms with E-state index in [4.69, 9.17) is 10.8 Å². The number of benzene rings is 1. The summed E-state index contributed by atoms with van der Waals surface area (Å²) in [5.74, 6) is 0. The second-order valence-corrected chi connectivity index (χ2v) is 7.42. The smallest absolute Gasteiger partial charge is 0.0319 e. The van der Waals surface area contributed by atoms with E-state index in [1.807, 2.05) is 25.1 Å². The molecule has 0 saturated carbocycles. The standard InChI is InChI=1S/C14H28.C11H15N.CH4O/c1-4-6-8-9-11-13-14(3)12-10-7-5-2;1-4-9-7-10(12)5-6-11(9)8(2)3;1-2/h3-13H2,1-2H3;5-7H,2,4,12H2,1,3H3;2H,1H3. The van der Waals surface area contributed by atoms with Crippen LogP contribution in [-0.4, -0.2) is 12.2 Å². The molecule has 0 aromatic heterocycles. The number of aryl methyl sites for hydroxylation is 1. The average molecular weight is 390 g/mol. The molecule has 1 rings (SSSR count). The molecule has 2 nitrogen and oxygen atoms in total. The second kappa shape index (κ2) is 20.2. The molecule has 0 aliphatic heterocycles. The van der Waals surface area contributed by atoms with Gasteiger partial charge in [-0.2, -0.15) is 0 Å². The molecule has 0 radical (unpaired) electrons. The molecule has 0 atom stereocenters. The van der Waals surface area contributed by atoms with Gasteiger partial charge in [-0.1, -0.05) is 89.7 Å². The quantitative estimate of drug-likeness (QED) is 0.216. The summed E-state index contributed by atoms with van der Waals surface area (Å²) in [6, 6.07) is 5.98. The Labute approximate surface area is 175 Å². The van der Waals surface area contributed by atoms with E-state index in [9.17, 15) is 0 Å². The molecule has 0 aliphatic rings. The van der Waals surface area contributed by atoms with E-state index >= 15 is 0 Å². The van der Waals surface area contributed by atoms with Crippen LogP contribution in [0.25, 0.3) is 5.57 Å². The SMILES string of the molecule is C=C(C)c1ccc(N)cc1CC.C=C(CCCCC)CCCCCCC.CO. The number of rotatable bonds is 12. The third-order valence-electron chi connectivity index (χ3n) is 4.74. The fourth-order valence-electron chi connectivity index (χ4n) is 3.05. The van der Waals surface area contributed by atoms with Crippen molar-refractivity contribution in [1.29, 1.82) is 0 Å². The van der Waals surface area contributed by atoms with Crippen molar-refractivity contribution in [3.05, 3.63) is 48.1 Å². The fraction of sp³-hybridized carbons (Fsp3) is 0.615. The Morgan fingerprint density at radius 2 is 1.36 bits per heavy atom. The summed E-state index contributed by atoms with van der Waals surface area (Å²) in [7, 11) is 1.00. The minimum absolute atomic E-state index is 0.830. The minimum atomic E-state index is 0.830. The van der Waals surface area contributed by atoms with Gasteiger partial charge in [0, 0.05) is 12.8 Å². The summed E-state index contributed by atoms with van der Waals surface area (Å²) in [6.07, 6.45) is 14.5. The number of aliphatic hydroxyl groups is 1. The monoisotopic (exact) mass is 389 g/mol. The molecule has 0 saturated heterocycles. The van der Waals surface area contributed by atoms with Crippen molar-refractivity contribution in [2.24, 2.45) is 0 Å². The van der Waals surface area contributed by atoms with Gasteiger partial charge in [0.15, 0.2) is 0 Å². The van der Waals surface area contributed by atoms with Gasteiger partial charge in [0.1, 0.15) is 0 Å². The van der Waals surface area contributed by atoms with Crippen LogP contribution in [0.4, 0.5) is 5.69 Å². The topological polar surface area (TPSA) is 46.2 Å². The van der Waals surface area contributed by atoms with Crippen molar-refractivity contribution in [3.8, 4) is 0 Å². The fourth-order valence-corrected chi connectivity index (χ4v) is 3.05. The van der Waals surface area contributed by atoms with E-state index in [2.05, 4.69) is 33.9 Å². The molecule has 0 amide bonds. The molecule has 0 aliphatic carbocycles. The Balaban J connectivity index is 0. The summed E-state index contributed by atoms with van der Waals surface area (Å²) in [4.78, 5) is 0. The Hall–Kier alpha value is -1.54. The average Bonchev–Trinajstić information content (AvgIpc) is 2.69. The highest BCUT2D eigenvalue weighted by Gasteiger charge is 2.00. The molecule has 1 aromatic carbocycles. The molecule has 2 heteroatoms. The van der Waals surface area contributed by atoms with E-state index in [1.165, 1.54) is 80.9 Å². The van der Waals surface area contributed by atoms with Gasteiger partial charge in [0.2, 0.25) is 0 Å². The van der Waals surface area contributed by atoms with Gasteiger partial charge in [-0.15, -0.1) is 0 Å². The van der Waals surface area contributed by atoms with Crippen molar-refractivity contribution in [2.45, 2.75) is 98.3 Å². The zero-order valence-corrected chi connectivity index (χ0v) is 19.4. The van der Waals surface area contributed by atoms with Crippen LogP contribution < -0.4 is 5.73 Å². The van der Waals surface area contributed by atoms with Gasteiger partial charge in [-0.05, 0) is 62.3 Å². The number of anilines is 1. The number of hydrogen-bond donors (Lipinski definition) is 2. The largest absolute Gasteiger partial charge is 0.400 e. The lowest BCUT2D eigenvalue weighted by molar-refractivity contribution is 0.399. The van der Waals surface area contributed by atoms with Gasteiger partial charge in [-0.3, -0.25) is 0 Å². The van der Waals surface area contributed by atoms with Crippen LogP contribution in [0.15, 0.2) is 36.9 Å². The first kappa shape index (κ1) is 28.7. The summed E-state index contributed by atoms with van der Waals surface area (Å²) in [6.45, 7) is 16.7. The van der Waals surface area contributed by atoms with Crippen LogP contribution in [0.2, 0.25) is 0 Å². The van der Waals surface area contributed by atoms with Crippen molar-refractivity contribution in [2.75, 3.05) is 12.8 Å². The van der Waals surface area contributed by atoms with Gasteiger partial charge < -0.3 is 10.8 Å². The van der Waals surface area contributed by atoms with Crippen LogP contribution in [0.1, 0.15) is 103 Å². The van der Waals surface area contributed by atoms with E-state index < -0.39 is 0 Å². The predicted octanol–water partition coefficient (Wildman–Crippen LogP) is 7.96. The van der Waals surface area contributed by atoms with Crippen molar-refractivity contribution in [1.82, 2.24) is 0 Å². The van der Waals surface area contributed by atoms with Gasteiger partial charge >= 0.3 is 0 Å². The molecular formula is C26H47NO. The second-order valence-electron chi connectivity index (χ2n) is 7.42. The number of hydrogen-bond acceptors (Lipinski definition) is 2. The van der Waals surface area contributed by atoms with Crippen LogP contribution in [-0.2, 0) is 6.42 Å². The summed E-state index contributed by atoms with van der Waals surface area (Å²) >= 11 is 0. The lowest BCUT2D eigenvalue weighted by atomic mass is 9.99. The maximum atomic E-state index is 7.00. The highest BCUT2D eigenvalue weighted by Crippen LogP contribution is 2.20. The first-order valence-electron chi connectivity index (χ1n) is 11.1. The number of unbranched alkanes of at least 4 members (excludes halogenated alkanes) is 6. The lowest BCUT2D eigenvalue weighted by Crippen LogP contribution is -1.92. The van der Waals surface area contributed by atoms with Crippen molar-refractivity contribution in [3.63, 3.8) is 0 Å². The highest BCUT2D eigenvalue weighted by molar-refractivity contribution is 5.66. The van der Waals surface area contributed by atoms with Gasteiger partial charge in [0.25, 0.3) is 0 Å². The summed E-state index contributed by atoms with van der Waals surface area (Å²) < 4.78 is 0.